The van der Waals surface area contributed by atoms with Gasteiger partial charge in [-0.3, -0.25) is 4.79 Å². The zero-order valence-corrected chi connectivity index (χ0v) is 21.7. The summed E-state index contributed by atoms with van der Waals surface area (Å²) in [6.07, 6.45) is 0. The average Bonchev–Trinajstić information content (AvgIpc) is 3.14. The molecule has 0 fully saturated rings. The highest BCUT2D eigenvalue weighted by molar-refractivity contribution is 8.00. The molecule has 0 bridgehead atoms. The molecule has 4 aromatic rings. The van der Waals surface area contributed by atoms with Gasteiger partial charge in [0.1, 0.15) is 0 Å². The highest BCUT2D eigenvalue weighted by Crippen LogP contribution is 2.35. The number of thioether (sulfide) groups is 1. The van der Waals surface area contributed by atoms with Gasteiger partial charge in [0.05, 0.1) is 10.2 Å². The first kappa shape index (κ1) is 23.5. The molecule has 1 N–H and O–H groups in total. The van der Waals surface area contributed by atoms with Crippen molar-refractivity contribution < 1.29 is 4.79 Å². The second-order valence-corrected chi connectivity index (χ2v) is 11.8. The number of benzene rings is 3. The fourth-order valence-electron chi connectivity index (χ4n) is 3.86. The van der Waals surface area contributed by atoms with E-state index in [9.17, 15) is 4.79 Å². The average molecular weight is 475 g/mol. The zero-order valence-electron chi connectivity index (χ0n) is 20.1. The predicted octanol–water partition coefficient (Wildman–Crippen LogP) is 8.06. The van der Waals surface area contributed by atoms with E-state index in [0.29, 0.717) is 5.56 Å². The smallest absolute Gasteiger partial charge is 0.255 e. The van der Waals surface area contributed by atoms with Gasteiger partial charge in [-0.25, -0.2) is 4.98 Å². The van der Waals surface area contributed by atoms with Crippen LogP contribution in [0.5, 0.6) is 0 Å². The molecule has 0 saturated heterocycles. The van der Waals surface area contributed by atoms with E-state index in [1.165, 1.54) is 22.3 Å². The summed E-state index contributed by atoms with van der Waals surface area (Å²) in [5.41, 5.74) is 9.03. The molecule has 1 heterocycles. The van der Waals surface area contributed by atoms with Crippen LogP contribution in [0.2, 0.25) is 0 Å². The molecule has 0 radical (unpaired) electrons. The second kappa shape index (κ2) is 9.32. The zero-order chi connectivity index (χ0) is 23.8. The highest BCUT2D eigenvalue weighted by atomic mass is 32.2. The molecule has 4 rings (SSSR count). The van der Waals surface area contributed by atoms with Crippen LogP contribution in [0.25, 0.3) is 10.2 Å². The van der Waals surface area contributed by atoms with E-state index in [4.69, 9.17) is 4.98 Å². The van der Waals surface area contributed by atoms with E-state index in [2.05, 4.69) is 52.1 Å². The van der Waals surface area contributed by atoms with Crippen molar-refractivity contribution in [2.24, 2.45) is 0 Å². The van der Waals surface area contributed by atoms with Gasteiger partial charge in [-0.2, -0.15) is 0 Å². The summed E-state index contributed by atoms with van der Waals surface area (Å²) in [5, 5.41) is 3.02. The molecule has 0 aliphatic carbocycles. The van der Waals surface area contributed by atoms with Crippen LogP contribution in [0, 0.1) is 20.8 Å². The second-order valence-electron chi connectivity index (χ2n) is 9.56. The van der Waals surface area contributed by atoms with Crippen LogP contribution in [0.3, 0.4) is 0 Å². The minimum absolute atomic E-state index is 0.0868. The van der Waals surface area contributed by atoms with Crippen LogP contribution in [0.4, 0.5) is 5.69 Å². The summed E-state index contributed by atoms with van der Waals surface area (Å²) < 4.78 is 2.13. The number of thiazole rings is 1. The van der Waals surface area contributed by atoms with E-state index < -0.39 is 0 Å². The third kappa shape index (κ3) is 5.31. The molecule has 1 amide bonds. The number of rotatable bonds is 5. The molecular weight excluding hydrogens is 444 g/mol. The van der Waals surface area contributed by atoms with Crippen molar-refractivity contribution >= 4 is 44.9 Å². The number of anilines is 1. The molecule has 1 aromatic heterocycles. The minimum atomic E-state index is -0.0868. The number of hydrogen-bond donors (Lipinski definition) is 1. The Bertz CT molecular complexity index is 1310. The number of aryl methyl sites for hydroxylation is 3. The van der Waals surface area contributed by atoms with Gasteiger partial charge in [0.2, 0.25) is 0 Å². The van der Waals surface area contributed by atoms with Crippen LogP contribution in [-0.2, 0) is 11.2 Å². The number of carbonyl (C=O) groups excluding carboxylic acids is 1. The lowest BCUT2D eigenvalue weighted by Gasteiger charge is -2.22. The quantitative estimate of drug-likeness (QED) is 0.297. The van der Waals surface area contributed by atoms with Crippen molar-refractivity contribution in [2.75, 3.05) is 5.32 Å². The first-order valence-electron chi connectivity index (χ1n) is 11.1. The van der Waals surface area contributed by atoms with Crippen LogP contribution in [-0.4, -0.2) is 10.9 Å². The first-order valence-corrected chi connectivity index (χ1v) is 12.9. The molecule has 3 nitrogen and oxygen atoms in total. The SMILES string of the molecule is Cc1ccccc1C(=O)Nc1ccc2nc(SCc3c(C)cc(C(C)(C)C)cc3C)sc2c1. The fourth-order valence-corrected chi connectivity index (χ4v) is 6.16. The standard InChI is InChI=1S/C28H30N2OS2/c1-17-9-7-8-10-22(17)26(31)29-21-11-12-24-25(15-21)33-27(30-24)32-16-23-18(2)13-20(14-19(23)3)28(4,5)6/h7-15H,16H2,1-6H3,(H,29,31). The maximum atomic E-state index is 12.7. The van der Waals surface area contributed by atoms with E-state index >= 15 is 0 Å². The number of nitrogens with zero attached hydrogens (tertiary/aromatic N) is 1. The molecule has 5 heteroatoms. The Morgan fingerprint density at radius 1 is 0.970 bits per heavy atom. The Hall–Kier alpha value is -2.63. The molecule has 0 unspecified atom stereocenters. The monoisotopic (exact) mass is 474 g/mol. The largest absolute Gasteiger partial charge is 0.322 e. The fraction of sp³-hybridized carbons (Fsp3) is 0.286. The van der Waals surface area contributed by atoms with Crippen molar-refractivity contribution in [3.8, 4) is 0 Å². The first-order chi connectivity index (χ1) is 15.6. The molecule has 0 atom stereocenters. The molecule has 0 saturated carbocycles. The molecule has 0 aliphatic rings. The molecule has 3 aromatic carbocycles. The Balaban J connectivity index is 1.49. The normalized spacial score (nSPS) is 11.7. The van der Waals surface area contributed by atoms with Crippen LogP contribution < -0.4 is 5.32 Å². The van der Waals surface area contributed by atoms with Crippen LogP contribution in [0.1, 0.15) is 58.9 Å². The van der Waals surface area contributed by atoms with Gasteiger partial charge < -0.3 is 5.32 Å². The summed E-state index contributed by atoms with van der Waals surface area (Å²) >= 11 is 3.46. The summed E-state index contributed by atoms with van der Waals surface area (Å²) in [4.78, 5) is 17.5. The van der Waals surface area contributed by atoms with E-state index in [-0.39, 0.29) is 11.3 Å². The van der Waals surface area contributed by atoms with Crippen molar-refractivity contribution in [1.82, 2.24) is 4.98 Å². The van der Waals surface area contributed by atoms with Crippen LogP contribution in [0.15, 0.2) is 58.9 Å². The van der Waals surface area contributed by atoms with Gasteiger partial charge >= 0.3 is 0 Å². The van der Waals surface area contributed by atoms with Crippen molar-refractivity contribution in [2.45, 2.75) is 57.0 Å². The Kier molecular flexibility index (Phi) is 6.64. The predicted molar refractivity (Wildman–Crippen MR) is 143 cm³/mol. The molecule has 0 spiro atoms. The number of aromatic nitrogens is 1. The lowest BCUT2D eigenvalue weighted by Crippen LogP contribution is -2.13. The third-order valence-corrected chi connectivity index (χ3v) is 8.11. The van der Waals surface area contributed by atoms with Gasteiger partial charge in [-0.1, -0.05) is 62.9 Å². The van der Waals surface area contributed by atoms with Crippen molar-refractivity contribution in [1.29, 1.82) is 0 Å². The highest BCUT2D eigenvalue weighted by Gasteiger charge is 2.17. The maximum absolute atomic E-state index is 12.7. The molecule has 33 heavy (non-hydrogen) atoms. The molecular formula is C28H30N2OS2. The Labute approximate surface area is 204 Å². The molecule has 0 aliphatic heterocycles. The van der Waals surface area contributed by atoms with Gasteiger partial charge in [0.15, 0.2) is 4.34 Å². The lowest BCUT2D eigenvalue weighted by molar-refractivity contribution is 0.102. The number of fused-ring (bicyclic) bond motifs is 1. The summed E-state index contributed by atoms with van der Waals surface area (Å²) in [6, 6.07) is 18.2. The summed E-state index contributed by atoms with van der Waals surface area (Å²) in [5.74, 6) is 0.815. The van der Waals surface area contributed by atoms with Crippen molar-refractivity contribution in [3.05, 3.63) is 88.0 Å². The van der Waals surface area contributed by atoms with Crippen molar-refractivity contribution in [3.63, 3.8) is 0 Å². The topological polar surface area (TPSA) is 42.0 Å². The van der Waals surface area contributed by atoms with Crippen LogP contribution >= 0.6 is 23.1 Å². The van der Waals surface area contributed by atoms with E-state index in [0.717, 1.165) is 31.6 Å². The molecule has 170 valence electrons. The van der Waals surface area contributed by atoms with Gasteiger partial charge in [-0.05, 0) is 78.3 Å². The maximum Gasteiger partial charge on any atom is 0.255 e. The number of nitrogens with one attached hydrogen (secondary N) is 1. The van der Waals surface area contributed by atoms with Gasteiger partial charge in [0.25, 0.3) is 5.91 Å². The Morgan fingerprint density at radius 2 is 1.67 bits per heavy atom. The number of carbonyl (C=O) groups is 1. The number of hydrogen-bond acceptors (Lipinski definition) is 4. The Morgan fingerprint density at radius 3 is 2.33 bits per heavy atom. The summed E-state index contributed by atoms with van der Waals surface area (Å²) in [7, 11) is 0. The summed E-state index contributed by atoms with van der Waals surface area (Å²) in [6.45, 7) is 13.1. The lowest BCUT2D eigenvalue weighted by atomic mass is 9.84. The van der Waals surface area contributed by atoms with E-state index in [1.807, 2.05) is 49.4 Å². The number of amides is 1. The minimum Gasteiger partial charge on any atom is -0.322 e. The van der Waals surface area contributed by atoms with E-state index in [1.54, 1.807) is 23.1 Å². The third-order valence-electron chi connectivity index (χ3n) is 5.92. The van der Waals surface area contributed by atoms with Gasteiger partial charge in [-0.15, -0.1) is 11.3 Å². The van der Waals surface area contributed by atoms with Gasteiger partial charge in [0, 0.05) is 17.0 Å².